The molecule has 7 aromatic carbocycles. The molecule has 0 saturated heterocycles. The van der Waals surface area contributed by atoms with Crippen LogP contribution in [0.15, 0.2) is 133 Å². The van der Waals surface area contributed by atoms with Crippen LogP contribution in [0.1, 0.15) is 11.1 Å². The standard InChI is InChI=1S/C38H25F3/c1-24-16-18-25(19-17-24)27-20-21-34-35(23-27)36(28-10-6-11-29(22-28)38(39,40)41)32-13-4-5-14-33(32)37(34)31-15-7-9-26-8-2-3-12-30(26)31/h2-23H,1H3. The van der Waals surface area contributed by atoms with E-state index in [9.17, 15) is 13.2 Å². The molecule has 3 heteroatoms. The highest BCUT2D eigenvalue weighted by Crippen LogP contribution is 2.46. The highest BCUT2D eigenvalue weighted by atomic mass is 19.4. The fourth-order valence-electron chi connectivity index (χ4n) is 6.00. The van der Waals surface area contributed by atoms with Crippen molar-refractivity contribution in [1.29, 1.82) is 0 Å². The average Bonchev–Trinajstić information content (AvgIpc) is 2.99. The first kappa shape index (κ1) is 25.1. The van der Waals surface area contributed by atoms with E-state index in [2.05, 4.69) is 85.8 Å². The third kappa shape index (κ3) is 4.35. The number of hydrogen-bond donors (Lipinski definition) is 0. The second-order valence-corrected chi connectivity index (χ2v) is 10.5. The van der Waals surface area contributed by atoms with Gasteiger partial charge in [-0.05, 0) is 90.8 Å². The summed E-state index contributed by atoms with van der Waals surface area (Å²) < 4.78 is 41.6. The number of halogens is 3. The summed E-state index contributed by atoms with van der Waals surface area (Å²) in [6.45, 7) is 2.05. The van der Waals surface area contributed by atoms with Gasteiger partial charge in [-0.3, -0.25) is 0 Å². The van der Waals surface area contributed by atoms with E-state index < -0.39 is 11.7 Å². The predicted molar refractivity (Wildman–Crippen MR) is 165 cm³/mol. The van der Waals surface area contributed by atoms with Gasteiger partial charge in [0, 0.05) is 0 Å². The van der Waals surface area contributed by atoms with Crippen LogP contribution < -0.4 is 0 Å². The molecule has 41 heavy (non-hydrogen) atoms. The van der Waals surface area contributed by atoms with Crippen LogP contribution in [0.25, 0.3) is 65.7 Å². The van der Waals surface area contributed by atoms with Crippen molar-refractivity contribution in [2.24, 2.45) is 0 Å². The molecule has 0 heterocycles. The Labute approximate surface area is 236 Å². The molecule has 0 fully saturated rings. The van der Waals surface area contributed by atoms with Gasteiger partial charge in [0.25, 0.3) is 0 Å². The zero-order valence-electron chi connectivity index (χ0n) is 22.3. The Morgan fingerprint density at radius 1 is 0.439 bits per heavy atom. The van der Waals surface area contributed by atoms with E-state index in [0.29, 0.717) is 5.56 Å². The minimum absolute atomic E-state index is 0.548. The lowest BCUT2D eigenvalue weighted by Crippen LogP contribution is -2.04. The summed E-state index contributed by atoms with van der Waals surface area (Å²) in [5.74, 6) is 0. The number of aryl methyl sites for hydroxylation is 1. The number of benzene rings is 7. The number of hydrogen-bond acceptors (Lipinski definition) is 0. The molecule has 0 unspecified atom stereocenters. The van der Waals surface area contributed by atoms with Gasteiger partial charge in [0.15, 0.2) is 0 Å². The van der Waals surface area contributed by atoms with E-state index in [-0.39, 0.29) is 0 Å². The summed E-state index contributed by atoms with van der Waals surface area (Å²) in [4.78, 5) is 0. The Kier molecular flexibility index (Phi) is 5.90. The van der Waals surface area contributed by atoms with Crippen LogP contribution in [0.2, 0.25) is 0 Å². The van der Waals surface area contributed by atoms with Gasteiger partial charge in [-0.15, -0.1) is 0 Å². The Morgan fingerprint density at radius 3 is 1.80 bits per heavy atom. The van der Waals surface area contributed by atoms with Gasteiger partial charge in [0.2, 0.25) is 0 Å². The smallest absolute Gasteiger partial charge is 0.166 e. The molecule has 198 valence electrons. The minimum Gasteiger partial charge on any atom is -0.166 e. The summed E-state index contributed by atoms with van der Waals surface area (Å²) in [5.41, 5.74) is 6.13. The highest BCUT2D eigenvalue weighted by Gasteiger charge is 2.31. The SMILES string of the molecule is Cc1ccc(-c2ccc3c(-c4cccc5ccccc45)c4ccccc4c(-c4cccc(C(F)(F)F)c4)c3c2)cc1. The van der Waals surface area contributed by atoms with E-state index in [1.807, 2.05) is 30.3 Å². The minimum atomic E-state index is -4.43. The molecule has 0 nitrogen and oxygen atoms in total. The number of alkyl halides is 3. The molecule has 0 spiro atoms. The van der Waals surface area contributed by atoms with E-state index in [1.54, 1.807) is 6.07 Å². The molecular formula is C38H25F3. The van der Waals surface area contributed by atoms with Gasteiger partial charge in [-0.25, -0.2) is 0 Å². The van der Waals surface area contributed by atoms with E-state index in [0.717, 1.165) is 66.2 Å². The molecule has 0 aromatic heterocycles. The average molecular weight is 539 g/mol. The van der Waals surface area contributed by atoms with Crippen LogP contribution in [0.4, 0.5) is 13.2 Å². The van der Waals surface area contributed by atoms with Crippen molar-refractivity contribution in [3.63, 3.8) is 0 Å². The van der Waals surface area contributed by atoms with Gasteiger partial charge in [0.05, 0.1) is 5.56 Å². The Morgan fingerprint density at radius 2 is 1.05 bits per heavy atom. The second kappa shape index (κ2) is 9.64. The largest absolute Gasteiger partial charge is 0.416 e. The molecule has 0 radical (unpaired) electrons. The lowest BCUT2D eigenvalue weighted by atomic mass is 9.83. The highest BCUT2D eigenvalue weighted by molar-refractivity contribution is 6.24. The molecule has 0 aliphatic carbocycles. The summed E-state index contributed by atoms with van der Waals surface area (Å²) in [7, 11) is 0. The van der Waals surface area contributed by atoms with Crippen molar-refractivity contribution in [3.05, 3.63) is 145 Å². The first-order valence-corrected chi connectivity index (χ1v) is 13.6. The Bertz CT molecular complexity index is 2080. The van der Waals surface area contributed by atoms with Gasteiger partial charge < -0.3 is 0 Å². The van der Waals surface area contributed by atoms with Gasteiger partial charge >= 0.3 is 6.18 Å². The Balaban J connectivity index is 1.64. The molecule has 0 atom stereocenters. The van der Waals surface area contributed by atoms with Crippen molar-refractivity contribution in [3.8, 4) is 33.4 Å². The molecule has 0 amide bonds. The quantitative estimate of drug-likeness (QED) is 0.196. The van der Waals surface area contributed by atoms with E-state index >= 15 is 0 Å². The maximum atomic E-state index is 13.9. The van der Waals surface area contributed by atoms with Crippen molar-refractivity contribution in [2.45, 2.75) is 13.1 Å². The normalized spacial score (nSPS) is 11.9. The molecule has 0 aliphatic rings. The maximum absolute atomic E-state index is 13.9. The van der Waals surface area contributed by atoms with E-state index in [1.165, 1.54) is 17.7 Å². The number of rotatable bonds is 3. The van der Waals surface area contributed by atoms with Crippen LogP contribution in [0, 0.1) is 6.92 Å². The molecule has 0 N–H and O–H groups in total. The van der Waals surface area contributed by atoms with Crippen LogP contribution in [0.5, 0.6) is 0 Å². The van der Waals surface area contributed by atoms with Crippen molar-refractivity contribution < 1.29 is 13.2 Å². The Hall–Kier alpha value is -4.89. The first-order chi connectivity index (χ1) is 19.9. The second-order valence-electron chi connectivity index (χ2n) is 10.5. The predicted octanol–water partition coefficient (Wildman–Crippen LogP) is 11.5. The third-order valence-corrected chi connectivity index (χ3v) is 7.95. The van der Waals surface area contributed by atoms with Crippen LogP contribution >= 0.6 is 0 Å². The molecule has 0 bridgehead atoms. The van der Waals surface area contributed by atoms with Crippen LogP contribution in [0.3, 0.4) is 0 Å². The summed E-state index contributed by atoms with van der Waals surface area (Å²) in [5, 5.41) is 6.12. The van der Waals surface area contributed by atoms with Crippen molar-refractivity contribution >= 4 is 32.3 Å². The summed E-state index contributed by atoms with van der Waals surface area (Å²) in [6.07, 6.45) is -4.43. The monoisotopic (exact) mass is 538 g/mol. The van der Waals surface area contributed by atoms with Gasteiger partial charge in [-0.2, -0.15) is 13.2 Å². The van der Waals surface area contributed by atoms with Crippen molar-refractivity contribution in [2.75, 3.05) is 0 Å². The molecule has 7 rings (SSSR count). The van der Waals surface area contributed by atoms with Crippen molar-refractivity contribution in [1.82, 2.24) is 0 Å². The van der Waals surface area contributed by atoms with E-state index in [4.69, 9.17) is 0 Å². The first-order valence-electron chi connectivity index (χ1n) is 13.6. The lowest BCUT2D eigenvalue weighted by molar-refractivity contribution is -0.137. The maximum Gasteiger partial charge on any atom is 0.416 e. The topological polar surface area (TPSA) is 0 Å². The summed E-state index contributed by atoms with van der Waals surface area (Å²) >= 11 is 0. The zero-order chi connectivity index (χ0) is 28.1. The molecule has 7 aromatic rings. The third-order valence-electron chi connectivity index (χ3n) is 7.95. The molecule has 0 aliphatic heterocycles. The van der Waals surface area contributed by atoms with Gasteiger partial charge in [-0.1, -0.05) is 121 Å². The fourth-order valence-corrected chi connectivity index (χ4v) is 6.00. The summed E-state index contributed by atoms with van der Waals surface area (Å²) in [6, 6.07) is 43.1. The van der Waals surface area contributed by atoms with Crippen LogP contribution in [-0.4, -0.2) is 0 Å². The molecule has 0 saturated carbocycles. The molecular weight excluding hydrogens is 513 g/mol. The zero-order valence-corrected chi connectivity index (χ0v) is 22.3. The van der Waals surface area contributed by atoms with Gasteiger partial charge in [0.1, 0.15) is 0 Å². The fraction of sp³-hybridized carbons (Fsp3) is 0.0526. The van der Waals surface area contributed by atoms with Crippen LogP contribution in [-0.2, 0) is 6.18 Å². The lowest BCUT2D eigenvalue weighted by Gasteiger charge is -2.20. The number of fused-ring (bicyclic) bond motifs is 3.